The maximum absolute atomic E-state index is 13.3. The van der Waals surface area contributed by atoms with Crippen molar-refractivity contribution in [2.24, 2.45) is 0 Å². The van der Waals surface area contributed by atoms with Crippen LogP contribution in [0.1, 0.15) is 30.4 Å². The van der Waals surface area contributed by atoms with Crippen LogP contribution in [0.15, 0.2) is 48.5 Å². The standard InChI is InChI=1S/C23H27FN2O3/c24-19-8-6-18(7-9-19)23(29)10-13-25(14-11-23)21-16-17-4-1-2-5-20(17)26(22(21)28)12-3-15-27/h1-2,4-9,21,27,29H,3,10-16H2. The minimum absolute atomic E-state index is 0.0467. The summed E-state index contributed by atoms with van der Waals surface area (Å²) in [5.41, 5.74) is 1.80. The quantitative estimate of drug-likeness (QED) is 0.812. The summed E-state index contributed by atoms with van der Waals surface area (Å²) in [7, 11) is 0. The molecule has 2 aliphatic rings. The number of rotatable bonds is 5. The third kappa shape index (κ3) is 3.92. The average Bonchev–Trinajstić information content (AvgIpc) is 2.74. The molecule has 1 atom stereocenters. The Kier molecular flexibility index (Phi) is 5.67. The molecule has 29 heavy (non-hydrogen) atoms. The van der Waals surface area contributed by atoms with E-state index in [0.717, 1.165) is 16.8 Å². The number of piperidine rings is 1. The molecule has 1 amide bonds. The lowest BCUT2D eigenvalue weighted by molar-refractivity contribution is -0.126. The lowest BCUT2D eigenvalue weighted by atomic mass is 9.83. The van der Waals surface area contributed by atoms with Crippen LogP contribution in [0.4, 0.5) is 10.1 Å². The van der Waals surface area contributed by atoms with Crippen molar-refractivity contribution in [2.45, 2.75) is 37.3 Å². The topological polar surface area (TPSA) is 64.0 Å². The van der Waals surface area contributed by atoms with Gasteiger partial charge in [-0.25, -0.2) is 4.39 Å². The number of para-hydroxylation sites is 1. The number of likely N-dealkylation sites (tertiary alicyclic amines) is 1. The smallest absolute Gasteiger partial charge is 0.244 e. The number of halogens is 1. The van der Waals surface area contributed by atoms with Crippen molar-refractivity contribution in [3.05, 3.63) is 65.5 Å². The molecule has 2 heterocycles. The van der Waals surface area contributed by atoms with Crippen molar-refractivity contribution < 1.29 is 19.4 Å². The summed E-state index contributed by atoms with van der Waals surface area (Å²) in [4.78, 5) is 17.2. The van der Waals surface area contributed by atoms with Crippen LogP contribution in [-0.2, 0) is 16.8 Å². The molecule has 0 radical (unpaired) electrons. The number of carbonyl (C=O) groups is 1. The van der Waals surface area contributed by atoms with Crippen LogP contribution in [0, 0.1) is 5.82 Å². The first kappa shape index (κ1) is 20.0. The van der Waals surface area contributed by atoms with E-state index in [-0.39, 0.29) is 24.4 Å². The number of nitrogens with zero attached hydrogens (tertiary/aromatic N) is 2. The monoisotopic (exact) mass is 398 g/mol. The maximum Gasteiger partial charge on any atom is 0.244 e. The summed E-state index contributed by atoms with van der Waals surface area (Å²) in [6.45, 7) is 1.74. The van der Waals surface area contributed by atoms with E-state index in [0.29, 0.717) is 45.3 Å². The van der Waals surface area contributed by atoms with E-state index in [2.05, 4.69) is 11.0 Å². The van der Waals surface area contributed by atoms with E-state index in [1.54, 1.807) is 17.0 Å². The van der Waals surface area contributed by atoms with Crippen molar-refractivity contribution in [3.8, 4) is 0 Å². The summed E-state index contributed by atoms with van der Waals surface area (Å²) >= 11 is 0. The number of carbonyl (C=O) groups excluding carboxylic acids is 1. The number of hydrogen-bond acceptors (Lipinski definition) is 4. The van der Waals surface area contributed by atoms with Gasteiger partial charge in [0.25, 0.3) is 0 Å². The number of fused-ring (bicyclic) bond motifs is 1. The highest BCUT2D eigenvalue weighted by Gasteiger charge is 2.41. The summed E-state index contributed by atoms with van der Waals surface area (Å²) in [5, 5.41) is 20.3. The van der Waals surface area contributed by atoms with Crippen molar-refractivity contribution in [1.29, 1.82) is 0 Å². The van der Waals surface area contributed by atoms with Gasteiger partial charge in [-0.1, -0.05) is 30.3 Å². The zero-order chi connectivity index (χ0) is 20.4. The molecule has 1 unspecified atom stereocenters. The lowest BCUT2D eigenvalue weighted by Crippen LogP contribution is -2.56. The Hall–Kier alpha value is -2.28. The van der Waals surface area contributed by atoms with E-state index in [9.17, 15) is 19.4 Å². The first-order valence-corrected chi connectivity index (χ1v) is 10.2. The second kappa shape index (κ2) is 8.22. The van der Waals surface area contributed by atoms with E-state index < -0.39 is 5.60 Å². The third-order valence-corrected chi connectivity index (χ3v) is 6.23. The molecule has 0 bridgehead atoms. The molecule has 1 fully saturated rings. The van der Waals surface area contributed by atoms with Crippen LogP contribution in [-0.4, -0.2) is 53.3 Å². The molecule has 0 aliphatic carbocycles. The molecule has 5 nitrogen and oxygen atoms in total. The van der Waals surface area contributed by atoms with E-state index in [1.807, 2.05) is 18.2 Å². The van der Waals surface area contributed by atoms with Gasteiger partial charge in [0.05, 0.1) is 11.6 Å². The molecule has 2 aromatic carbocycles. The predicted molar refractivity (Wildman–Crippen MR) is 109 cm³/mol. The Balaban J connectivity index is 1.50. The molecule has 2 aromatic rings. The fourth-order valence-corrected chi connectivity index (χ4v) is 4.54. The summed E-state index contributed by atoms with van der Waals surface area (Å²) in [5.74, 6) is -0.256. The molecular formula is C23H27FN2O3. The van der Waals surface area contributed by atoms with Crippen molar-refractivity contribution in [2.75, 3.05) is 31.1 Å². The number of anilines is 1. The number of aliphatic hydroxyl groups is 2. The fraction of sp³-hybridized carbons (Fsp3) is 0.435. The number of benzene rings is 2. The van der Waals surface area contributed by atoms with E-state index in [4.69, 9.17) is 0 Å². The summed E-state index contributed by atoms with van der Waals surface area (Å²) < 4.78 is 13.2. The predicted octanol–water partition coefficient (Wildman–Crippen LogP) is 2.45. The van der Waals surface area contributed by atoms with Gasteiger partial charge in [0.15, 0.2) is 0 Å². The van der Waals surface area contributed by atoms with Gasteiger partial charge in [-0.15, -0.1) is 0 Å². The molecule has 2 N–H and O–H groups in total. The number of aliphatic hydroxyl groups excluding tert-OH is 1. The zero-order valence-electron chi connectivity index (χ0n) is 16.4. The van der Waals surface area contributed by atoms with Crippen molar-refractivity contribution in [3.63, 3.8) is 0 Å². The highest BCUT2D eigenvalue weighted by atomic mass is 19.1. The van der Waals surface area contributed by atoms with E-state index >= 15 is 0 Å². The Labute approximate surface area is 170 Å². The van der Waals surface area contributed by atoms with Crippen LogP contribution in [0.25, 0.3) is 0 Å². The second-order valence-corrected chi connectivity index (χ2v) is 7.99. The second-order valence-electron chi connectivity index (χ2n) is 7.99. The molecule has 6 heteroatoms. The maximum atomic E-state index is 13.3. The molecule has 2 aliphatic heterocycles. The van der Waals surface area contributed by atoms with Crippen molar-refractivity contribution >= 4 is 11.6 Å². The normalized spacial score (nSPS) is 21.8. The Morgan fingerprint density at radius 2 is 1.76 bits per heavy atom. The molecule has 4 rings (SSSR count). The lowest BCUT2D eigenvalue weighted by Gasteiger charge is -2.44. The Morgan fingerprint density at radius 3 is 2.45 bits per heavy atom. The summed E-state index contributed by atoms with van der Waals surface area (Å²) in [6, 6.07) is 13.7. The first-order chi connectivity index (χ1) is 14.0. The molecular weight excluding hydrogens is 371 g/mol. The SMILES string of the molecule is O=C1C(N2CCC(O)(c3ccc(F)cc3)CC2)Cc2ccccc2N1CCCO. The van der Waals surface area contributed by atoms with Crippen LogP contribution >= 0.6 is 0 Å². The zero-order valence-corrected chi connectivity index (χ0v) is 16.4. The third-order valence-electron chi connectivity index (χ3n) is 6.23. The largest absolute Gasteiger partial charge is 0.396 e. The van der Waals surface area contributed by atoms with Crippen LogP contribution in [0.3, 0.4) is 0 Å². The average molecular weight is 398 g/mol. The van der Waals surface area contributed by atoms with Crippen LogP contribution in [0.5, 0.6) is 0 Å². The minimum Gasteiger partial charge on any atom is -0.396 e. The van der Waals surface area contributed by atoms with Gasteiger partial charge < -0.3 is 15.1 Å². The van der Waals surface area contributed by atoms with Crippen molar-refractivity contribution in [1.82, 2.24) is 4.90 Å². The minimum atomic E-state index is -0.990. The highest BCUT2D eigenvalue weighted by molar-refractivity contribution is 6.00. The summed E-state index contributed by atoms with van der Waals surface area (Å²) in [6.07, 6.45) is 2.19. The first-order valence-electron chi connectivity index (χ1n) is 10.2. The van der Waals surface area contributed by atoms with E-state index in [1.165, 1.54) is 12.1 Å². The van der Waals surface area contributed by atoms with Gasteiger partial charge in [0.2, 0.25) is 5.91 Å². The van der Waals surface area contributed by atoms with Gasteiger partial charge in [-0.3, -0.25) is 9.69 Å². The molecule has 154 valence electrons. The van der Waals surface area contributed by atoms with Gasteiger partial charge in [-0.2, -0.15) is 0 Å². The highest BCUT2D eigenvalue weighted by Crippen LogP contribution is 2.36. The molecule has 0 spiro atoms. The Bertz CT molecular complexity index is 863. The molecule has 0 saturated carbocycles. The van der Waals surface area contributed by atoms with Crippen LogP contribution in [0.2, 0.25) is 0 Å². The molecule has 1 saturated heterocycles. The Morgan fingerprint density at radius 1 is 1.07 bits per heavy atom. The molecule has 0 aromatic heterocycles. The van der Waals surface area contributed by atoms with Gasteiger partial charge in [0.1, 0.15) is 5.82 Å². The van der Waals surface area contributed by atoms with Gasteiger partial charge >= 0.3 is 0 Å². The van der Waals surface area contributed by atoms with Gasteiger partial charge in [-0.05, 0) is 55.0 Å². The fourth-order valence-electron chi connectivity index (χ4n) is 4.54. The van der Waals surface area contributed by atoms with Crippen LogP contribution < -0.4 is 4.90 Å². The number of amides is 1. The number of hydrogen-bond donors (Lipinski definition) is 2. The van der Waals surface area contributed by atoms with Gasteiger partial charge in [0, 0.05) is 31.9 Å².